The van der Waals surface area contributed by atoms with Crippen molar-refractivity contribution >= 4 is 29.1 Å². The minimum atomic E-state index is -0.0365. The van der Waals surface area contributed by atoms with Gasteiger partial charge in [-0.2, -0.15) is 0 Å². The molecule has 1 aromatic carbocycles. The largest absolute Gasteiger partial charge is 0.351 e. The van der Waals surface area contributed by atoms with Gasteiger partial charge in [-0.15, -0.1) is 11.6 Å². The van der Waals surface area contributed by atoms with Gasteiger partial charge in [0.15, 0.2) is 0 Å². The molecule has 104 valence electrons. The topological polar surface area (TPSA) is 29.1 Å². The second-order valence-corrected chi connectivity index (χ2v) is 6.19. The predicted molar refractivity (Wildman–Crippen MR) is 80.1 cm³/mol. The monoisotopic (exact) mass is 299 g/mol. The van der Waals surface area contributed by atoms with Crippen molar-refractivity contribution in [1.82, 2.24) is 5.32 Å². The van der Waals surface area contributed by atoms with Crippen LogP contribution >= 0.6 is 23.2 Å². The van der Waals surface area contributed by atoms with E-state index >= 15 is 0 Å². The summed E-state index contributed by atoms with van der Waals surface area (Å²) in [5.74, 6) is 0.581. The molecule has 0 bridgehead atoms. The zero-order valence-electron chi connectivity index (χ0n) is 11.1. The zero-order chi connectivity index (χ0) is 13.9. The van der Waals surface area contributed by atoms with Crippen LogP contribution in [0.15, 0.2) is 18.2 Å². The number of hydrogen-bond donors (Lipinski definition) is 1. The van der Waals surface area contributed by atoms with Crippen LogP contribution in [-0.4, -0.2) is 18.3 Å². The molecule has 1 N–H and O–H groups in total. The number of aryl methyl sites for hydroxylation is 1. The van der Waals surface area contributed by atoms with Crippen molar-refractivity contribution in [2.24, 2.45) is 5.41 Å². The van der Waals surface area contributed by atoms with E-state index in [1.165, 1.54) is 12.8 Å². The summed E-state index contributed by atoms with van der Waals surface area (Å²) in [5, 5.41) is 3.68. The van der Waals surface area contributed by atoms with Gasteiger partial charge in [-0.05, 0) is 43.5 Å². The van der Waals surface area contributed by atoms with Crippen molar-refractivity contribution in [2.45, 2.75) is 32.6 Å². The number of hydrogen-bond acceptors (Lipinski definition) is 1. The molecule has 1 aliphatic rings. The van der Waals surface area contributed by atoms with Gasteiger partial charge in [-0.25, -0.2) is 0 Å². The number of carbonyl (C=O) groups excluding carboxylic acids is 1. The van der Waals surface area contributed by atoms with E-state index < -0.39 is 0 Å². The average Bonchev–Trinajstić information content (AvgIpc) is 2.85. The van der Waals surface area contributed by atoms with E-state index in [1.54, 1.807) is 12.1 Å². The molecule has 1 amide bonds. The molecule has 0 radical (unpaired) electrons. The summed E-state index contributed by atoms with van der Waals surface area (Å²) >= 11 is 12.0. The van der Waals surface area contributed by atoms with Gasteiger partial charge >= 0.3 is 0 Å². The Labute approximate surface area is 124 Å². The van der Waals surface area contributed by atoms with Crippen LogP contribution in [0.3, 0.4) is 0 Å². The molecule has 0 spiro atoms. The molecule has 1 aromatic rings. The van der Waals surface area contributed by atoms with Gasteiger partial charge in [-0.1, -0.05) is 24.4 Å². The smallest absolute Gasteiger partial charge is 0.251 e. The third-order valence-corrected chi connectivity index (χ3v) is 4.81. The predicted octanol–water partition coefficient (Wildman–Crippen LogP) is 4.18. The van der Waals surface area contributed by atoms with Crippen LogP contribution in [0.2, 0.25) is 5.02 Å². The fourth-order valence-electron chi connectivity index (χ4n) is 2.73. The number of carbonyl (C=O) groups is 1. The number of halogens is 2. The molecule has 0 saturated heterocycles. The van der Waals surface area contributed by atoms with Crippen LogP contribution in [-0.2, 0) is 0 Å². The third-order valence-electron chi connectivity index (χ3n) is 4.00. The van der Waals surface area contributed by atoms with Gasteiger partial charge in [0.2, 0.25) is 0 Å². The molecule has 0 unspecified atom stereocenters. The van der Waals surface area contributed by atoms with E-state index in [4.69, 9.17) is 23.2 Å². The van der Waals surface area contributed by atoms with E-state index in [0.29, 0.717) is 23.0 Å². The number of alkyl halides is 1. The van der Waals surface area contributed by atoms with Gasteiger partial charge in [0, 0.05) is 28.4 Å². The number of amides is 1. The maximum atomic E-state index is 12.2. The fraction of sp³-hybridized carbons (Fsp3) is 0.533. The lowest BCUT2D eigenvalue weighted by Crippen LogP contribution is -2.37. The Hall–Kier alpha value is -0.730. The molecule has 1 aliphatic carbocycles. The van der Waals surface area contributed by atoms with E-state index in [1.807, 2.05) is 13.0 Å². The molecule has 2 nitrogen and oxygen atoms in total. The molecule has 1 fully saturated rings. The summed E-state index contributed by atoms with van der Waals surface area (Å²) in [6, 6.07) is 5.33. The molecule has 2 rings (SSSR count). The van der Waals surface area contributed by atoms with E-state index in [-0.39, 0.29) is 11.3 Å². The lowest BCUT2D eigenvalue weighted by atomic mass is 9.88. The van der Waals surface area contributed by atoms with Crippen LogP contribution < -0.4 is 5.32 Å². The Morgan fingerprint density at radius 2 is 2.05 bits per heavy atom. The van der Waals surface area contributed by atoms with Crippen LogP contribution in [0, 0.1) is 12.3 Å². The Morgan fingerprint density at radius 3 is 2.63 bits per heavy atom. The molecule has 1 saturated carbocycles. The Morgan fingerprint density at radius 1 is 1.37 bits per heavy atom. The van der Waals surface area contributed by atoms with Gasteiger partial charge in [0.1, 0.15) is 0 Å². The normalized spacial score (nSPS) is 17.4. The van der Waals surface area contributed by atoms with Crippen molar-refractivity contribution in [3.63, 3.8) is 0 Å². The van der Waals surface area contributed by atoms with Crippen LogP contribution in [0.5, 0.6) is 0 Å². The summed E-state index contributed by atoms with van der Waals surface area (Å²) in [5.41, 5.74) is 1.68. The minimum absolute atomic E-state index is 0.0365. The lowest BCUT2D eigenvalue weighted by Gasteiger charge is -2.26. The third kappa shape index (κ3) is 3.43. The summed E-state index contributed by atoms with van der Waals surface area (Å²) < 4.78 is 0. The van der Waals surface area contributed by atoms with E-state index in [0.717, 1.165) is 18.4 Å². The van der Waals surface area contributed by atoms with Gasteiger partial charge in [0.25, 0.3) is 5.91 Å². The SMILES string of the molecule is Cc1cc(Cl)ccc1C(=O)NCC1(CCl)CCCC1. The number of nitrogens with one attached hydrogen (secondary N) is 1. The van der Waals surface area contributed by atoms with Crippen molar-refractivity contribution in [3.05, 3.63) is 34.3 Å². The lowest BCUT2D eigenvalue weighted by molar-refractivity contribution is 0.0934. The van der Waals surface area contributed by atoms with Crippen LogP contribution in [0.25, 0.3) is 0 Å². The van der Waals surface area contributed by atoms with E-state index in [9.17, 15) is 4.79 Å². The number of benzene rings is 1. The van der Waals surface area contributed by atoms with Crippen LogP contribution in [0.1, 0.15) is 41.6 Å². The highest BCUT2D eigenvalue weighted by molar-refractivity contribution is 6.30. The first-order valence-corrected chi connectivity index (χ1v) is 7.58. The Balaban J connectivity index is 2.01. The highest BCUT2D eigenvalue weighted by Gasteiger charge is 2.33. The fourth-order valence-corrected chi connectivity index (χ4v) is 3.32. The van der Waals surface area contributed by atoms with Crippen molar-refractivity contribution in [1.29, 1.82) is 0 Å². The summed E-state index contributed by atoms with van der Waals surface area (Å²) in [6.07, 6.45) is 4.64. The van der Waals surface area contributed by atoms with Crippen molar-refractivity contribution in [2.75, 3.05) is 12.4 Å². The molecule has 0 atom stereocenters. The van der Waals surface area contributed by atoms with Gasteiger partial charge < -0.3 is 5.32 Å². The average molecular weight is 300 g/mol. The summed E-state index contributed by atoms with van der Waals surface area (Å²) in [7, 11) is 0. The van der Waals surface area contributed by atoms with Crippen LogP contribution in [0.4, 0.5) is 0 Å². The van der Waals surface area contributed by atoms with Crippen molar-refractivity contribution in [3.8, 4) is 0 Å². The first kappa shape index (κ1) is 14.7. The molecular weight excluding hydrogens is 281 g/mol. The highest BCUT2D eigenvalue weighted by atomic mass is 35.5. The Kier molecular flexibility index (Phi) is 4.75. The molecule has 0 aliphatic heterocycles. The molecule has 0 aromatic heterocycles. The minimum Gasteiger partial charge on any atom is -0.351 e. The first-order chi connectivity index (χ1) is 9.06. The highest BCUT2D eigenvalue weighted by Crippen LogP contribution is 2.38. The van der Waals surface area contributed by atoms with Gasteiger partial charge in [-0.3, -0.25) is 4.79 Å². The Bertz CT molecular complexity index is 467. The second-order valence-electron chi connectivity index (χ2n) is 5.48. The number of rotatable bonds is 4. The molecule has 19 heavy (non-hydrogen) atoms. The summed E-state index contributed by atoms with van der Waals surface area (Å²) in [4.78, 5) is 12.2. The maximum absolute atomic E-state index is 12.2. The molecule has 0 heterocycles. The van der Waals surface area contributed by atoms with E-state index in [2.05, 4.69) is 5.32 Å². The first-order valence-electron chi connectivity index (χ1n) is 6.67. The van der Waals surface area contributed by atoms with Crippen molar-refractivity contribution < 1.29 is 4.79 Å². The van der Waals surface area contributed by atoms with Gasteiger partial charge in [0.05, 0.1) is 0 Å². The zero-order valence-corrected chi connectivity index (χ0v) is 12.7. The second kappa shape index (κ2) is 6.15. The maximum Gasteiger partial charge on any atom is 0.251 e. The molecule has 4 heteroatoms. The molecular formula is C15H19Cl2NO. The standard InChI is InChI=1S/C15H19Cl2NO/c1-11-8-12(17)4-5-13(11)14(19)18-10-15(9-16)6-2-3-7-15/h4-5,8H,2-3,6-7,9-10H2,1H3,(H,18,19). The summed E-state index contributed by atoms with van der Waals surface area (Å²) in [6.45, 7) is 2.56. The quantitative estimate of drug-likeness (QED) is 0.830.